The summed E-state index contributed by atoms with van der Waals surface area (Å²) in [7, 11) is 0. The second-order valence-electron chi connectivity index (χ2n) is 3.62. The lowest BCUT2D eigenvalue weighted by Gasteiger charge is -2.03. The average Bonchev–Trinajstić information content (AvgIpc) is 2.77. The quantitative estimate of drug-likeness (QED) is 0.479. The van der Waals surface area contributed by atoms with Crippen molar-refractivity contribution < 1.29 is 9.53 Å². The summed E-state index contributed by atoms with van der Waals surface area (Å²) in [6.07, 6.45) is 2.88. The second-order valence-corrected chi connectivity index (χ2v) is 5.53. The molecule has 0 bridgehead atoms. The molecule has 0 saturated carbocycles. The number of hydrogen-bond donors (Lipinski definition) is 0. The highest BCUT2D eigenvalue weighted by atomic mass is 35.5. The SMILES string of the molecule is Cc1nc(/C=C/C(=O)Oc2cc(Cl)ccc2Cl)cs1. The van der Waals surface area contributed by atoms with E-state index in [1.807, 2.05) is 12.3 Å². The Hall–Kier alpha value is -1.36. The maximum absolute atomic E-state index is 11.6. The number of hydrogen-bond acceptors (Lipinski definition) is 4. The van der Waals surface area contributed by atoms with Crippen LogP contribution < -0.4 is 4.74 Å². The van der Waals surface area contributed by atoms with Crippen molar-refractivity contribution in [3.05, 3.63) is 50.4 Å². The molecule has 0 unspecified atom stereocenters. The van der Waals surface area contributed by atoms with Gasteiger partial charge in [-0.1, -0.05) is 23.2 Å². The van der Waals surface area contributed by atoms with Gasteiger partial charge in [0.05, 0.1) is 15.7 Å². The van der Waals surface area contributed by atoms with E-state index in [9.17, 15) is 4.79 Å². The van der Waals surface area contributed by atoms with E-state index in [2.05, 4.69) is 4.98 Å². The Morgan fingerprint density at radius 1 is 1.42 bits per heavy atom. The van der Waals surface area contributed by atoms with Gasteiger partial charge in [0.15, 0.2) is 5.75 Å². The number of carbonyl (C=O) groups is 1. The molecule has 1 aromatic heterocycles. The minimum absolute atomic E-state index is 0.235. The first kappa shape index (κ1) is 14.1. The summed E-state index contributed by atoms with van der Waals surface area (Å²) in [5, 5.41) is 3.57. The van der Waals surface area contributed by atoms with Crippen LogP contribution in [0.25, 0.3) is 6.08 Å². The van der Waals surface area contributed by atoms with Gasteiger partial charge in [0.1, 0.15) is 0 Å². The van der Waals surface area contributed by atoms with Crippen LogP contribution in [0.1, 0.15) is 10.7 Å². The number of carbonyl (C=O) groups excluding carboxylic acids is 1. The molecule has 0 N–H and O–H groups in total. The number of aryl methyl sites for hydroxylation is 1. The van der Waals surface area contributed by atoms with E-state index < -0.39 is 5.97 Å². The lowest BCUT2D eigenvalue weighted by atomic mass is 10.3. The first-order chi connectivity index (χ1) is 9.04. The third kappa shape index (κ3) is 4.06. The average molecular weight is 314 g/mol. The van der Waals surface area contributed by atoms with Gasteiger partial charge in [-0.2, -0.15) is 0 Å². The van der Waals surface area contributed by atoms with E-state index in [1.54, 1.807) is 18.2 Å². The van der Waals surface area contributed by atoms with Gasteiger partial charge in [-0.3, -0.25) is 0 Å². The molecule has 98 valence electrons. The lowest BCUT2D eigenvalue weighted by Crippen LogP contribution is -2.04. The number of halogens is 2. The molecule has 2 aromatic rings. The minimum Gasteiger partial charge on any atom is -0.422 e. The van der Waals surface area contributed by atoms with Gasteiger partial charge < -0.3 is 4.74 Å². The summed E-state index contributed by atoms with van der Waals surface area (Å²) < 4.78 is 5.09. The van der Waals surface area contributed by atoms with Crippen molar-refractivity contribution in [1.82, 2.24) is 4.98 Å². The van der Waals surface area contributed by atoms with Crippen molar-refractivity contribution in [3.63, 3.8) is 0 Å². The molecule has 2 rings (SSSR count). The van der Waals surface area contributed by atoms with Crippen molar-refractivity contribution in [1.29, 1.82) is 0 Å². The summed E-state index contributed by atoms with van der Waals surface area (Å²) >= 11 is 13.2. The Balaban J connectivity index is 2.05. The maximum Gasteiger partial charge on any atom is 0.336 e. The number of rotatable bonds is 3. The van der Waals surface area contributed by atoms with E-state index in [0.29, 0.717) is 10.0 Å². The molecule has 0 radical (unpaired) electrons. The molecule has 6 heteroatoms. The highest BCUT2D eigenvalue weighted by Gasteiger charge is 2.06. The molecule has 0 fully saturated rings. The summed E-state index contributed by atoms with van der Waals surface area (Å²) in [6, 6.07) is 4.68. The molecule has 0 aliphatic rings. The molecule has 1 aromatic carbocycles. The van der Waals surface area contributed by atoms with E-state index >= 15 is 0 Å². The van der Waals surface area contributed by atoms with Crippen LogP contribution in [0.15, 0.2) is 29.7 Å². The predicted molar refractivity (Wildman–Crippen MR) is 78.0 cm³/mol. The molecule has 19 heavy (non-hydrogen) atoms. The molecule has 0 aliphatic carbocycles. The maximum atomic E-state index is 11.6. The van der Waals surface area contributed by atoms with Crippen LogP contribution in [0.4, 0.5) is 0 Å². The summed E-state index contributed by atoms with van der Waals surface area (Å²) in [4.78, 5) is 15.8. The van der Waals surface area contributed by atoms with Crippen LogP contribution in [0.5, 0.6) is 5.75 Å². The third-order valence-electron chi connectivity index (χ3n) is 2.13. The van der Waals surface area contributed by atoms with Crippen LogP contribution in [0.2, 0.25) is 10.0 Å². The molecular weight excluding hydrogens is 305 g/mol. The van der Waals surface area contributed by atoms with Gasteiger partial charge in [-0.25, -0.2) is 9.78 Å². The normalized spacial score (nSPS) is 10.9. The van der Waals surface area contributed by atoms with Crippen LogP contribution in [-0.2, 0) is 4.79 Å². The Morgan fingerprint density at radius 3 is 2.89 bits per heavy atom. The first-order valence-electron chi connectivity index (χ1n) is 5.31. The fraction of sp³-hybridized carbons (Fsp3) is 0.0769. The number of ether oxygens (including phenoxy) is 1. The Bertz CT molecular complexity index is 637. The van der Waals surface area contributed by atoms with Crippen molar-refractivity contribution in [2.24, 2.45) is 0 Å². The topological polar surface area (TPSA) is 39.2 Å². The van der Waals surface area contributed by atoms with Crippen molar-refractivity contribution in [3.8, 4) is 5.75 Å². The number of aromatic nitrogens is 1. The second kappa shape index (κ2) is 6.19. The molecule has 0 saturated heterocycles. The molecule has 0 spiro atoms. The monoisotopic (exact) mass is 313 g/mol. The van der Waals surface area contributed by atoms with Crippen molar-refractivity contribution in [2.45, 2.75) is 6.92 Å². The highest BCUT2D eigenvalue weighted by molar-refractivity contribution is 7.09. The van der Waals surface area contributed by atoms with Crippen LogP contribution in [0, 0.1) is 6.92 Å². The lowest BCUT2D eigenvalue weighted by molar-refractivity contribution is -0.128. The smallest absolute Gasteiger partial charge is 0.336 e. The molecule has 0 atom stereocenters. The number of benzene rings is 1. The largest absolute Gasteiger partial charge is 0.422 e. The zero-order valence-electron chi connectivity index (χ0n) is 9.89. The van der Waals surface area contributed by atoms with Gasteiger partial charge in [-0.05, 0) is 25.1 Å². The number of esters is 1. The predicted octanol–water partition coefficient (Wildman–Crippen LogP) is 4.38. The molecule has 0 amide bonds. The van der Waals surface area contributed by atoms with Crippen molar-refractivity contribution >= 4 is 46.6 Å². The van der Waals surface area contributed by atoms with Gasteiger partial charge in [0.25, 0.3) is 0 Å². The standard InChI is InChI=1S/C13H9Cl2NO2S/c1-8-16-10(7-19-8)3-5-13(17)18-12-6-9(14)2-4-11(12)15/h2-7H,1H3/b5-3+. The van der Waals surface area contributed by atoms with E-state index in [4.69, 9.17) is 27.9 Å². The van der Waals surface area contributed by atoms with Crippen molar-refractivity contribution in [2.75, 3.05) is 0 Å². The Morgan fingerprint density at radius 2 is 2.21 bits per heavy atom. The summed E-state index contributed by atoms with van der Waals surface area (Å²) in [6.45, 7) is 1.89. The number of thiazole rings is 1. The fourth-order valence-electron chi connectivity index (χ4n) is 1.31. The Kier molecular flexibility index (Phi) is 4.58. The van der Waals surface area contributed by atoms with E-state index in [1.165, 1.54) is 23.5 Å². The highest BCUT2D eigenvalue weighted by Crippen LogP contribution is 2.27. The van der Waals surface area contributed by atoms with Gasteiger partial charge in [-0.15, -0.1) is 11.3 Å². The van der Waals surface area contributed by atoms with Crippen LogP contribution in [-0.4, -0.2) is 11.0 Å². The molecule has 0 aliphatic heterocycles. The first-order valence-corrected chi connectivity index (χ1v) is 6.95. The minimum atomic E-state index is -0.533. The zero-order valence-corrected chi connectivity index (χ0v) is 12.2. The van der Waals surface area contributed by atoms with Gasteiger partial charge in [0.2, 0.25) is 0 Å². The molecular formula is C13H9Cl2NO2S. The van der Waals surface area contributed by atoms with Crippen LogP contribution in [0.3, 0.4) is 0 Å². The Labute approximate surface area is 124 Å². The fourth-order valence-corrected chi connectivity index (χ4v) is 2.21. The molecule has 3 nitrogen and oxygen atoms in total. The van der Waals surface area contributed by atoms with E-state index in [-0.39, 0.29) is 5.75 Å². The summed E-state index contributed by atoms with van der Waals surface area (Å²) in [5.74, 6) is -0.298. The summed E-state index contributed by atoms with van der Waals surface area (Å²) in [5.41, 5.74) is 0.719. The number of nitrogens with zero attached hydrogens (tertiary/aromatic N) is 1. The third-order valence-corrected chi connectivity index (χ3v) is 3.47. The van der Waals surface area contributed by atoms with Gasteiger partial charge >= 0.3 is 5.97 Å². The van der Waals surface area contributed by atoms with Gasteiger partial charge in [0, 0.05) is 22.5 Å². The van der Waals surface area contributed by atoms with Crippen LogP contribution >= 0.6 is 34.5 Å². The van der Waals surface area contributed by atoms with E-state index in [0.717, 1.165) is 10.7 Å². The molecule has 1 heterocycles. The zero-order chi connectivity index (χ0) is 13.8.